The Labute approximate surface area is 85.9 Å². The van der Waals surface area contributed by atoms with Crippen molar-refractivity contribution in [3.8, 4) is 0 Å². The van der Waals surface area contributed by atoms with Gasteiger partial charge in [-0.25, -0.2) is 4.79 Å². The number of nitrogens with one attached hydrogen (secondary N) is 1. The number of oxazole rings is 1. The van der Waals surface area contributed by atoms with Gasteiger partial charge in [0.25, 0.3) is 6.01 Å². The van der Waals surface area contributed by atoms with Gasteiger partial charge in [-0.3, -0.25) is 0 Å². The van der Waals surface area contributed by atoms with Crippen molar-refractivity contribution in [2.24, 2.45) is 0 Å². The van der Waals surface area contributed by atoms with Gasteiger partial charge in [-0.05, 0) is 6.26 Å². The van der Waals surface area contributed by atoms with Gasteiger partial charge in [0, 0.05) is 11.8 Å². The van der Waals surface area contributed by atoms with Crippen LogP contribution in [0.5, 0.6) is 0 Å². The summed E-state index contributed by atoms with van der Waals surface area (Å²) in [5, 5.41) is 11.9. The van der Waals surface area contributed by atoms with Crippen molar-refractivity contribution in [3.63, 3.8) is 0 Å². The number of aromatic nitrogens is 1. The second-order valence-corrected chi connectivity index (χ2v) is 4.05. The van der Waals surface area contributed by atoms with Gasteiger partial charge >= 0.3 is 5.97 Å². The largest absolute Gasteiger partial charge is 0.476 e. The van der Waals surface area contributed by atoms with E-state index in [-0.39, 0.29) is 11.7 Å². The van der Waals surface area contributed by atoms with E-state index in [0.717, 1.165) is 6.26 Å². The van der Waals surface area contributed by atoms with Crippen molar-refractivity contribution >= 4 is 23.7 Å². The molecule has 0 aliphatic heterocycles. The zero-order valence-corrected chi connectivity index (χ0v) is 8.80. The third kappa shape index (κ3) is 2.95. The Bertz CT molecular complexity index is 313. The van der Waals surface area contributed by atoms with Gasteiger partial charge in [-0.15, -0.1) is 0 Å². The maximum Gasteiger partial charge on any atom is 0.357 e. The van der Waals surface area contributed by atoms with Crippen molar-refractivity contribution in [1.82, 2.24) is 4.98 Å². The summed E-state index contributed by atoms with van der Waals surface area (Å²) in [7, 11) is 0. The summed E-state index contributed by atoms with van der Waals surface area (Å²) in [5.41, 5.74) is -0.0793. The fourth-order valence-corrected chi connectivity index (χ4v) is 1.02. The Morgan fingerprint density at radius 1 is 1.86 bits per heavy atom. The van der Waals surface area contributed by atoms with E-state index in [1.54, 1.807) is 11.8 Å². The molecule has 0 saturated heterocycles. The van der Waals surface area contributed by atoms with Crippen LogP contribution in [0, 0.1) is 0 Å². The molecule has 2 N–H and O–H groups in total. The van der Waals surface area contributed by atoms with Crippen LogP contribution in [-0.2, 0) is 0 Å². The predicted molar refractivity (Wildman–Crippen MR) is 54.9 cm³/mol. The van der Waals surface area contributed by atoms with E-state index in [4.69, 9.17) is 9.52 Å². The van der Waals surface area contributed by atoms with Crippen molar-refractivity contribution in [2.45, 2.75) is 12.2 Å². The molecule has 1 aromatic heterocycles. The molecule has 0 fully saturated rings. The highest BCUT2D eigenvalue weighted by Crippen LogP contribution is 2.10. The lowest BCUT2D eigenvalue weighted by molar-refractivity contribution is 0.0690. The molecule has 78 valence electrons. The number of rotatable bonds is 5. The molecule has 0 radical (unpaired) electrons. The monoisotopic (exact) mass is 216 g/mol. The molecule has 14 heavy (non-hydrogen) atoms. The van der Waals surface area contributed by atoms with Crippen LogP contribution < -0.4 is 5.32 Å². The molecular formula is C8H12N2O3S. The van der Waals surface area contributed by atoms with Crippen molar-refractivity contribution < 1.29 is 14.3 Å². The number of thioether (sulfide) groups is 1. The van der Waals surface area contributed by atoms with Crippen molar-refractivity contribution in [1.29, 1.82) is 0 Å². The number of carboxylic acid groups (broad SMARTS) is 1. The van der Waals surface area contributed by atoms with E-state index in [0.29, 0.717) is 11.8 Å². The lowest BCUT2D eigenvalue weighted by Crippen LogP contribution is -2.12. The van der Waals surface area contributed by atoms with Crippen molar-refractivity contribution in [3.05, 3.63) is 12.0 Å². The maximum absolute atomic E-state index is 10.5. The third-order valence-corrected chi connectivity index (χ3v) is 2.64. The van der Waals surface area contributed by atoms with E-state index >= 15 is 0 Å². The van der Waals surface area contributed by atoms with Gasteiger partial charge in [0.2, 0.25) is 0 Å². The molecule has 1 aromatic rings. The molecule has 0 bridgehead atoms. The smallest absolute Gasteiger partial charge is 0.357 e. The van der Waals surface area contributed by atoms with Crippen molar-refractivity contribution in [2.75, 3.05) is 18.1 Å². The van der Waals surface area contributed by atoms with Crippen LogP contribution in [0.4, 0.5) is 6.01 Å². The number of carboxylic acids is 1. The molecular weight excluding hydrogens is 204 g/mol. The van der Waals surface area contributed by atoms with E-state index in [1.165, 1.54) is 0 Å². The van der Waals surface area contributed by atoms with Gasteiger partial charge in [-0.1, -0.05) is 6.92 Å². The average molecular weight is 216 g/mol. The number of anilines is 1. The minimum Gasteiger partial charge on any atom is -0.476 e. The van der Waals surface area contributed by atoms with Gasteiger partial charge in [-0.2, -0.15) is 16.7 Å². The molecule has 0 amide bonds. The van der Waals surface area contributed by atoms with Crippen LogP contribution in [-0.4, -0.2) is 34.1 Å². The number of hydrogen-bond acceptors (Lipinski definition) is 5. The van der Waals surface area contributed by atoms with Gasteiger partial charge in [0.15, 0.2) is 5.69 Å². The summed E-state index contributed by atoms with van der Waals surface area (Å²) in [6, 6.07) is 0.253. The highest BCUT2D eigenvalue weighted by molar-refractivity contribution is 7.99. The van der Waals surface area contributed by atoms with Crippen LogP contribution >= 0.6 is 11.8 Å². The Morgan fingerprint density at radius 3 is 3.07 bits per heavy atom. The first-order valence-corrected chi connectivity index (χ1v) is 5.37. The van der Waals surface area contributed by atoms with Crippen LogP contribution in [0.2, 0.25) is 0 Å². The number of nitrogens with zero attached hydrogens (tertiary/aromatic N) is 1. The van der Waals surface area contributed by atoms with E-state index in [9.17, 15) is 4.79 Å². The molecule has 0 saturated carbocycles. The first kappa shape index (κ1) is 10.9. The van der Waals surface area contributed by atoms with E-state index < -0.39 is 5.97 Å². The number of carbonyl (C=O) groups is 1. The summed E-state index contributed by atoms with van der Waals surface area (Å²) in [5.74, 6) is -1.08. The summed E-state index contributed by atoms with van der Waals surface area (Å²) in [4.78, 5) is 14.2. The minimum absolute atomic E-state index is 0.0793. The van der Waals surface area contributed by atoms with E-state index in [1.807, 2.05) is 6.26 Å². The molecule has 1 atom stereocenters. The summed E-state index contributed by atoms with van der Waals surface area (Å²) >= 11 is 1.71. The standard InChI is InChI=1S/C8H12N2O3S/c1-5(14-2)3-9-8-10-6(4-13-8)7(11)12/h4-5H,3H2,1-2H3,(H,9,10)(H,11,12). The molecule has 1 heterocycles. The van der Waals surface area contributed by atoms with Gasteiger partial charge < -0.3 is 14.8 Å². The quantitative estimate of drug-likeness (QED) is 0.777. The minimum atomic E-state index is -1.08. The Balaban J connectivity index is 2.48. The van der Waals surface area contributed by atoms with Gasteiger partial charge in [0.1, 0.15) is 6.26 Å². The zero-order valence-electron chi connectivity index (χ0n) is 7.98. The summed E-state index contributed by atoms with van der Waals surface area (Å²) in [6.07, 6.45) is 3.12. The average Bonchev–Trinajstić information content (AvgIpc) is 2.62. The highest BCUT2D eigenvalue weighted by atomic mass is 32.2. The Morgan fingerprint density at radius 2 is 2.57 bits per heavy atom. The lowest BCUT2D eigenvalue weighted by Gasteiger charge is -2.06. The maximum atomic E-state index is 10.5. The molecule has 0 aliphatic carbocycles. The molecule has 0 spiro atoms. The fourth-order valence-electron chi connectivity index (χ4n) is 0.768. The first-order chi connectivity index (χ1) is 6.63. The third-order valence-electron chi connectivity index (χ3n) is 1.67. The number of hydrogen-bond donors (Lipinski definition) is 2. The predicted octanol–water partition coefficient (Wildman–Crippen LogP) is 1.54. The highest BCUT2D eigenvalue weighted by Gasteiger charge is 2.10. The van der Waals surface area contributed by atoms with Crippen LogP contribution in [0.25, 0.3) is 0 Å². The van der Waals surface area contributed by atoms with E-state index in [2.05, 4.69) is 17.2 Å². The van der Waals surface area contributed by atoms with Gasteiger partial charge in [0.05, 0.1) is 0 Å². The SMILES string of the molecule is CSC(C)CNc1nc(C(=O)O)co1. The zero-order chi connectivity index (χ0) is 10.6. The summed E-state index contributed by atoms with van der Waals surface area (Å²) < 4.78 is 4.91. The number of aromatic carboxylic acids is 1. The molecule has 0 aromatic carbocycles. The molecule has 6 heteroatoms. The topological polar surface area (TPSA) is 75.4 Å². The normalized spacial score (nSPS) is 12.4. The summed E-state index contributed by atoms with van der Waals surface area (Å²) in [6.45, 7) is 2.75. The van der Waals surface area contributed by atoms with Crippen LogP contribution in [0.1, 0.15) is 17.4 Å². The fraction of sp³-hybridized carbons (Fsp3) is 0.500. The second-order valence-electron chi connectivity index (χ2n) is 2.77. The molecule has 0 aliphatic rings. The molecule has 5 nitrogen and oxygen atoms in total. The Kier molecular flexibility index (Phi) is 3.82. The molecule has 1 unspecified atom stereocenters. The van der Waals surface area contributed by atoms with Crippen LogP contribution in [0.15, 0.2) is 10.7 Å². The first-order valence-electron chi connectivity index (χ1n) is 4.09. The molecule has 1 rings (SSSR count). The Hall–Kier alpha value is -1.17. The lowest BCUT2D eigenvalue weighted by atomic mass is 10.5. The van der Waals surface area contributed by atoms with Crippen LogP contribution in [0.3, 0.4) is 0 Å². The second kappa shape index (κ2) is 4.90.